The first kappa shape index (κ1) is 34.0. The van der Waals surface area contributed by atoms with E-state index in [0.717, 1.165) is 6.33 Å². The average molecular weight is 671 g/mol. The molecule has 0 bridgehead atoms. The Hall–Kier alpha value is -2.30. The molecule has 15 unspecified atom stereocenters. The first-order chi connectivity index (χ1) is 21.1. The van der Waals surface area contributed by atoms with Gasteiger partial charge in [-0.25, -0.2) is 19.1 Å². The third-order valence-electron chi connectivity index (χ3n) is 7.92. The minimum Gasteiger partial charge on any atom is -0.394 e. The van der Waals surface area contributed by atoms with Crippen LogP contribution in [-0.4, -0.2) is 172 Å². The average Bonchev–Trinajstić information content (AvgIpc) is 3.54. The van der Waals surface area contributed by atoms with Crippen molar-refractivity contribution in [1.82, 2.24) is 19.5 Å². The van der Waals surface area contributed by atoms with Crippen molar-refractivity contribution in [3.05, 3.63) is 12.7 Å². The Morgan fingerprint density at radius 1 is 0.844 bits per heavy atom. The van der Waals surface area contributed by atoms with Crippen molar-refractivity contribution in [2.24, 2.45) is 5.73 Å². The number of ether oxygens (including phenoxy) is 4. The number of rotatable bonds is 9. The molecule has 15 atom stereocenters. The molecule has 2 saturated heterocycles. The van der Waals surface area contributed by atoms with E-state index >= 15 is 0 Å². The highest BCUT2D eigenvalue weighted by Gasteiger charge is 2.56. The fraction of sp³-hybridized carbons (Fsp3) is 0.773. The lowest BCUT2D eigenvalue weighted by molar-refractivity contribution is -0.318. The lowest BCUT2D eigenvalue weighted by Gasteiger charge is -2.47. The van der Waals surface area contributed by atoms with Crippen molar-refractivity contribution < 1.29 is 77.0 Å². The molecule has 2 aromatic heterocycles. The fourth-order valence-corrected chi connectivity index (χ4v) is 6.03. The number of nitrogen functional groups attached to an aromatic ring is 1. The summed E-state index contributed by atoms with van der Waals surface area (Å²) in [4.78, 5) is 11.9. The minimum atomic E-state index is -5.33. The van der Waals surface area contributed by atoms with Gasteiger partial charge in [-0.15, -0.1) is 0 Å². The largest absolute Gasteiger partial charge is 0.397 e. The van der Waals surface area contributed by atoms with E-state index in [2.05, 4.69) is 19.1 Å². The van der Waals surface area contributed by atoms with Gasteiger partial charge in [0.05, 0.1) is 25.6 Å². The van der Waals surface area contributed by atoms with E-state index in [1.807, 2.05) is 0 Å². The molecular weight excluding hydrogens is 636 g/mol. The van der Waals surface area contributed by atoms with E-state index in [1.54, 1.807) is 0 Å². The smallest absolute Gasteiger partial charge is 0.394 e. The lowest BCUT2D eigenvalue weighted by atomic mass is 9.84. The number of anilines is 1. The van der Waals surface area contributed by atoms with Crippen LogP contribution in [0.3, 0.4) is 0 Å². The summed E-state index contributed by atoms with van der Waals surface area (Å²) in [7, 11) is -5.33. The Bertz CT molecular complexity index is 1440. The molecule has 2 aliphatic heterocycles. The number of fused-ring (bicyclic) bond motifs is 1. The van der Waals surface area contributed by atoms with Crippen molar-refractivity contribution in [3.63, 3.8) is 0 Å². The molecule has 0 amide bonds. The van der Waals surface area contributed by atoms with Crippen LogP contribution in [0.25, 0.3) is 11.2 Å². The highest BCUT2D eigenvalue weighted by Crippen LogP contribution is 2.35. The van der Waals surface area contributed by atoms with Gasteiger partial charge in [0.25, 0.3) is 0 Å². The van der Waals surface area contributed by atoms with Crippen LogP contribution in [0.4, 0.5) is 5.82 Å². The second-order valence-corrected chi connectivity index (χ2v) is 11.8. The third-order valence-corrected chi connectivity index (χ3v) is 8.39. The quantitative estimate of drug-likeness (QED) is 0.110. The maximum Gasteiger partial charge on any atom is 0.397 e. The highest BCUT2D eigenvalue weighted by molar-refractivity contribution is 7.80. The first-order valence-corrected chi connectivity index (χ1v) is 14.8. The van der Waals surface area contributed by atoms with Gasteiger partial charge in [0, 0.05) is 0 Å². The van der Waals surface area contributed by atoms with Crippen molar-refractivity contribution in [1.29, 1.82) is 0 Å². The van der Waals surface area contributed by atoms with E-state index < -0.39 is 115 Å². The molecule has 22 nitrogen and oxygen atoms in total. The van der Waals surface area contributed by atoms with Crippen LogP contribution >= 0.6 is 0 Å². The summed E-state index contributed by atoms with van der Waals surface area (Å²) in [5, 5.41) is 83.9. The summed E-state index contributed by atoms with van der Waals surface area (Å²) in [5.41, 5.74) is 12.0. The number of nitrogens with zero attached hydrogens (tertiary/aromatic N) is 4. The number of hydrogen-bond acceptors (Lipinski definition) is 20. The second-order valence-electron chi connectivity index (χ2n) is 10.8. The molecule has 23 heteroatoms. The van der Waals surface area contributed by atoms with Crippen LogP contribution in [0.5, 0.6) is 0 Å². The predicted molar refractivity (Wildman–Crippen MR) is 140 cm³/mol. The molecule has 0 radical (unpaired) electrons. The standard InChI is InChI=1S/C22H34N6O16S/c23-7-11(32)9(30)5(1-29)42-22(7)43-17-13(34)16(14(35)18(15(17)36)44-45(37,38)39)40-2-6-10(31)12(33)21(41-6)28-4-27-8-19(24)25-3-26-20(8)28/h3-7,9-18,21-22,29-36H,1-2,23H2,(H2,24,25,26)(H,37,38,39). The molecule has 13 N–H and O–H groups in total. The van der Waals surface area contributed by atoms with Crippen LogP contribution in [0.15, 0.2) is 12.7 Å². The van der Waals surface area contributed by atoms with E-state index in [-0.39, 0.29) is 17.0 Å². The molecule has 3 fully saturated rings. The van der Waals surface area contributed by atoms with Gasteiger partial charge in [0.2, 0.25) is 0 Å². The van der Waals surface area contributed by atoms with E-state index in [1.165, 1.54) is 10.9 Å². The normalized spacial score (nSPS) is 42.8. The molecule has 45 heavy (non-hydrogen) atoms. The van der Waals surface area contributed by atoms with Crippen LogP contribution in [0, 0.1) is 0 Å². The Labute approximate surface area is 253 Å². The zero-order valence-electron chi connectivity index (χ0n) is 23.0. The summed E-state index contributed by atoms with van der Waals surface area (Å²) in [5.74, 6) is 0.0460. The van der Waals surface area contributed by atoms with E-state index in [0.29, 0.717) is 0 Å². The van der Waals surface area contributed by atoms with E-state index in [9.17, 15) is 53.8 Å². The Morgan fingerprint density at radius 3 is 2.16 bits per heavy atom. The maximum atomic E-state index is 11.5. The number of hydrogen-bond donors (Lipinski definition) is 11. The maximum absolute atomic E-state index is 11.5. The SMILES string of the molecule is Nc1ncnc2c1ncn2C1OC(COC2C(O)C(OC3OC(CO)C(O)C(O)C3N)C(O)C(OS(=O)(=O)O)C2O)C(O)C1O. The summed E-state index contributed by atoms with van der Waals surface area (Å²) >= 11 is 0. The number of aliphatic hydroxyl groups is 8. The third kappa shape index (κ3) is 6.48. The van der Waals surface area contributed by atoms with Gasteiger partial charge < -0.3 is 71.3 Å². The van der Waals surface area contributed by atoms with Crippen LogP contribution < -0.4 is 11.5 Å². The molecule has 4 heterocycles. The van der Waals surface area contributed by atoms with Crippen LogP contribution in [0.1, 0.15) is 6.23 Å². The van der Waals surface area contributed by atoms with Gasteiger partial charge in [-0.05, 0) is 0 Å². The molecule has 3 aliphatic rings. The molecule has 2 aromatic rings. The molecule has 0 spiro atoms. The topological polar surface area (TPSA) is 358 Å². The highest BCUT2D eigenvalue weighted by atomic mass is 32.3. The Balaban J connectivity index is 1.35. The molecule has 1 saturated carbocycles. The summed E-state index contributed by atoms with van der Waals surface area (Å²) < 4.78 is 60.2. The predicted octanol–water partition coefficient (Wildman–Crippen LogP) is -7.15. The lowest BCUT2D eigenvalue weighted by Crippen LogP contribution is -2.69. The fourth-order valence-electron chi connectivity index (χ4n) is 5.52. The van der Waals surface area contributed by atoms with Crippen LogP contribution in [0.2, 0.25) is 0 Å². The zero-order chi connectivity index (χ0) is 33.0. The molecule has 1 aliphatic carbocycles. The van der Waals surface area contributed by atoms with Crippen molar-refractivity contribution >= 4 is 27.4 Å². The summed E-state index contributed by atoms with van der Waals surface area (Å²) in [6, 6.07) is -1.52. The van der Waals surface area contributed by atoms with Gasteiger partial charge in [0.1, 0.15) is 85.1 Å². The number of aliphatic hydroxyl groups excluding tert-OH is 8. The van der Waals surface area contributed by atoms with Gasteiger partial charge >= 0.3 is 10.4 Å². The van der Waals surface area contributed by atoms with Crippen molar-refractivity contribution in [3.8, 4) is 0 Å². The second kappa shape index (κ2) is 13.1. The Kier molecular flexibility index (Phi) is 9.89. The minimum absolute atomic E-state index is 0.0460. The zero-order valence-corrected chi connectivity index (χ0v) is 23.8. The Morgan fingerprint density at radius 2 is 1.49 bits per heavy atom. The van der Waals surface area contributed by atoms with Gasteiger partial charge in [-0.1, -0.05) is 0 Å². The number of nitrogens with two attached hydrogens (primary N) is 2. The summed E-state index contributed by atoms with van der Waals surface area (Å²) in [6.45, 7) is -1.47. The van der Waals surface area contributed by atoms with Crippen molar-refractivity contribution in [2.75, 3.05) is 18.9 Å². The van der Waals surface area contributed by atoms with E-state index in [4.69, 9.17) is 30.4 Å². The van der Waals surface area contributed by atoms with Gasteiger partial charge in [-0.3, -0.25) is 9.12 Å². The van der Waals surface area contributed by atoms with Crippen LogP contribution in [-0.2, 0) is 33.5 Å². The molecule has 5 rings (SSSR count). The molecular formula is C22H34N6O16S. The molecule has 0 aromatic carbocycles. The summed E-state index contributed by atoms with van der Waals surface area (Å²) in [6.07, 6.45) is -22.4. The van der Waals surface area contributed by atoms with Gasteiger partial charge in [0.15, 0.2) is 24.0 Å². The van der Waals surface area contributed by atoms with Crippen molar-refractivity contribution in [2.45, 2.75) is 91.8 Å². The first-order valence-electron chi connectivity index (χ1n) is 13.4. The number of imidazole rings is 1. The molecule has 254 valence electrons. The van der Waals surface area contributed by atoms with Gasteiger partial charge in [-0.2, -0.15) is 8.42 Å². The monoisotopic (exact) mass is 670 g/mol. The number of aromatic nitrogens is 4.